The van der Waals surface area contributed by atoms with Gasteiger partial charge in [0.05, 0.1) is 0 Å². The molecule has 1 atom stereocenters. The third-order valence-electron chi connectivity index (χ3n) is 9.38. The van der Waals surface area contributed by atoms with E-state index in [9.17, 15) is 0 Å². The van der Waals surface area contributed by atoms with Crippen molar-refractivity contribution in [1.29, 1.82) is 0 Å². The molecule has 1 unspecified atom stereocenters. The van der Waals surface area contributed by atoms with E-state index in [4.69, 9.17) is 5.73 Å². The standard InChI is InChI=1S/C40H76N2/c1-3-5-7-9-11-13-15-17-19-21-23-25-27-29-34-40(42-37-39-32-30-31-38(35-39)36-41)33-28-26-24-22-20-18-16-14-12-10-8-6-4-2/h30-32,35,40,42H,3-29,33-34,36-37,41H2,1-2H3. The second kappa shape index (κ2) is 31.6. The van der Waals surface area contributed by atoms with E-state index >= 15 is 0 Å². The molecule has 1 aromatic carbocycles. The van der Waals surface area contributed by atoms with Crippen LogP contribution in [0.4, 0.5) is 0 Å². The molecule has 0 aliphatic carbocycles. The maximum absolute atomic E-state index is 5.88. The molecule has 3 N–H and O–H groups in total. The van der Waals surface area contributed by atoms with Crippen molar-refractivity contribution in [2.24, 2.45) is 5.73 Å². The summed E-state index contributed by atoms with van der Waals surface area (Å²) in [7, 11) is 0. The molecule has 0 aliphatic rings. The molecular formula is C40H76N2. The predicted molar refractivity (Wildman–Crippen MR) is 190 cm³/mol. The van der Waals surface area contributed by atoms with Gasteiger partial charge >= 0.3 is 0 Å². The lowest BCUT2D eigenvalue weighted by atomic mass is 9.99. The number of hydrogen-bond acceptors (Lipinski definition) is 2. The first-order chi connectivity index (χ1) is 20.8. The Labute approximate surface area is 265 Å². The molecule has 0 aromatic heterocycles. The second-order valence-electron chi connectivity index (χ2n) is 13.5. The van der Waals surface area contributed by atoms with Crippen molar-refractivity contribution in [3.8, 4) is 0 Å². The fourth-order valence-electron chi connectivity index (χ4n) is 6.47. The number of rotatable bonds is 33. The van der Waals surface area contributed by atoms with E-state index in [0.717, 1.165) is 6.54 Å². The molecular weight excluding hydrogens is 508 g/mol. The smallest absolute Gasteiger partial charge is 0.0208 e. The summed E-state index contributed by atoms with van der Waals surface area (Å²) in [6.07, 6.45) is 41.5. The third kappa shape index (κ3) is 25.6. The van der Waals surface area contributed by atoms with Crippen molar-refractivity contribution in [1.82, 2.24) is 5.32 Å². The summed E-state index contributed by atoms with van der Waals surface area (Å²) in [5.41, 5.74) is 8.51. The van der Waals surface area contributed by atoms with Crippen molar-refractivity contribution in [2.75, 3.05) is 0 Å². The molecule has 0 aliphatic heterocycles. The molecule has 0 fully saturated rings. The quantitative estimate of drug-likeness (QED) is 0.0806. The first-order valence-electron chi connectivity index (χ1n) is 19.3. The van der Waals surface area contributed by atoms with Crippen LogP contribution in [-0.2, 0) is 13.1 Å². The van der Waals surface area contributed by atoms with Gasteiger partial charge in [0.15, 0.2) is 0 Å². The third-order valence-corrected chi connectivity index (χ3v) is 9.38. The van der Waals surface area contributed by atoms with Crippen LogP contribution in [0.5, 0.6) is 0 Å². The number of nitrogens with two attached hydrogens (primary N) is 1. The Balaban J connectivity index is 2.14. The summed E-state index contributed by atoms with van der Waals surface area (Å²) in [4.78, 5) is 0. The highest BCUT2D eigenvalue weighted by molar-refractivity contribution is 5.23. The second-order valence-corrected chi connectivity index (χ2v) is 13.5. The van der Waals surface area contributed by atoms with Crippen LogP contribution < -0.4 is 11.1 Å². The van der Waals surface area contributed by atoms with E-state index in [1.165, 1.54) is 197 Å². The number of unbranched alkanes of at least 4 members (excludes halogenated alkanes) is 25. The molecule has 1 aromatic rings. The Kier molecular flexibility index (Phi) is 29.4. The summed E-state index contributed by atoms with van der Waals surface area (Å²) in [5.74, 6) is 0. The molecule has 0 bridgehead atoms. The molecule has 1 rings (SSSR count). The maximum Gasteiger partial charge on any atom is 0.0208 e. The van der Waals surface area contributed by atoms with Crippen LogP contribution in [0.2, 0.25) is 0 Å². The van der Waals surface area contributed by atoms with E-state index in [1.807, 2.05) is 0 Å². The van der Waals surface area contributed by atoms with Crippen molar-refractivity contribution in [3.05, 3.63) is 35.4 Å². The van der Waals surface area contributed by atoms with Crippen LogP contribution in [0.15, 0.2) is 24.3 Å². The highest BCUT2D eigenvalue weighted by Crippen LogP contribution is 2.18. The largest absolute Gasteiger partial charge is 0.326 e. The van der Waals surface area contributed by atoms with Gasteiger partial charge < -0.3 is 11.1 Å². The van der Waals surface area contributed by atoms with Gasteiger partial charge in [-0.05, 0) is 24.0 Å². The molecule has 42 heavy (non-hydrogen) atoms. The van der Waals surface area contributed by atoms with Gasteiger partial charge in [-0.15, -0.1) is 0 Å². The zero-order valence-electron chi connectivity index (χ0n) is 28.9. The highest BCUT2D eigenvalue weighted by atomic mass is 14.9. The van der Waals surface area contributed by atoms with Crippen LogP contribution in [0.1, 0.15) is 211 Å². The fraction of sp³-hybridized carbons (Fsp3) is 0.850. The van der Waals surface area contributed by atoms with Gasteiger partial charge in [0.1, 0.15) is 0 Å². The predicted octanol–water partition coefficient (Wildman–Crippen LogP) is 13.0. The Morgan fingerprint density at radius 2 is 0.810 bits per heavy atom. The van der Waals surface area contributed by atoms with Gasteiger partial charge in [0, 0.05) is 19.1 Å². The van der Waals surface area contributed by atoms with Crippen molar-refractivity contribution >= 4 is 0 Å². The summed E-state index contributed by atoms with van der Waals surface area (Å²) in [5, 5.41) is 3.94. The Bertz CT molecular complexity index is 657. The number of nitrogens with one attached hydrogen (secondary N) is 1. The summed E-state index contributed by atoms with van der Waals surface area (Å²) < 4.78 is 0. The average Bonchev–Trinajstić information content (AvgIpc) is 3.01. The Hall–Kier alpha value is -0.860. The molecule has 0 saturated carbocycles. The first kappa shape index (κ1) is 39.2. The molecule has 0 spiro atoms. The molecule has 0 radical (unpaired) electrons. The minimum atomic E-state index is 0.634. The minimum absolute atomic E-state index is 0.634. The maximum atomic E-state index is 5.88. The van der Waals surface area contributed by atoms with Crippen molar-refractivity contribution < 1.29 is 0 Å². The Morgan fingerprint density at radius 3 is 1.17 bits per heavy atom. The van der Waals surface area contributed by atoms with E-state index in [2.05, 4.69) is 43.4 Å². The highest BCUT2D eigenvalue weighted by Gasteiger charge is 2.09. The normalized spacial score (nSPS) is 12.3. The van der Waals surface area contributed by atoms with Gasteiger partial charge in [0.2, 0.25) is 0 Å². The monoisotopic (exact) mass is 585 g/mol. The van der Waals surface area contributed by atoms with Crippen molar-refractivity contribution in [2.45, 2.75) is 219 Å². The van der Waals surface area contributed by atoms with Gasteiger partial charge in [-0.2, -0.15) is 0 Å². The van der Waals surface area contributed by atoms with Crippen LogP contribution in [-0.4, -0.2) is 6.04 Å². The molecule has 2 nitrogen and oxygen atoms in total. The average molecular weight is 585 g/mol. The zero-order valence-corrected chi connectivity index (χ0v) is 28.9. The minimum Gasteiger partial charge on any atom is -0.326 e. The molecule has 2 heteroatoms. The molecule has 246 valence electrons. The zero-order chi connectivity index (χ0) is 30.2. The molecule has 0 amide bonds. The van der Waals surface area contributed by atoms with E-state index in [1.54, 1.807) is 0 Å². The van der Waals surface area contributed by atoms with E-state index in [0.29, 0.717) is 12.6 Å². The van der Waals surface area contributed by atoms with Crippen LogP contribution in [0.3, 0.4) is 0 Å². The lowest BCUT2D eigenvalue weighted by Crippen LogP contribution is -2.28. The van der Waals surface area contributed by atoms with Gasteiger partial charge in [-0.3, -0.25) is 0 Å². The molecule has 0 heterocycles. The summed E-state index contributed by atoms with van der Waals surface area (Å²) in [6.45, 7) is 6.23. The van der Waals surface area contributed by atoms with Crippen LogP contribution in [0.25, 0.3) is 0 Å². The number of benzene rings is 1. The lowest BCUT2D eigenvalue weighted by molar-refractivity contribution is 0.409. The topological polar surface area (TPSA) is 38.0 Å². The lowest BCUT2D eigenvalue weighted by Gasteiger charge is -2.19. The van der Waals surface area contributed by atoms with Crippen molar-refractivity contribution in [3.63, 3.8) is 0 Å². The van der Waals surface area contributed by atoms with Gasteiger partial charge in [-0.1, -0.05) is 211 Å². The van der Waals surface area contributed by atoms with Crippen LogP contribution in [0, 0.1) is 0 Å². The van der Waals surface area contributed by atoms with Gasteiger partial charge in [0.25, 0.3) is 0 Å². The van der Waals surface area contributed by atoms with Crippen LogP contribution >= 0.6 is 0 Å². The SMILES string of the molecule is CCCCCCCCCCCCCCCCC(CCCCCCCCCCCCCCC)NCc1cccc(CN)c1. The first-order valence-corrected chi connectivity index (χ1v) is 19.3. The van der Waals surface area contributed by atoms with E-state index in [-0.39, 0.29) is 0 Å². The summed E-state index contributed by atoms with van der Waals surface area (Å²) >= 11 is 0. The molecule has 0 saturated heterocycles. The van der Waals surface area contributed by atoms with E-state index < -0.39 is 0 Å². The Morgan fingerprint density at radius 1 is 0.476 bits per heavy atom. The number of hydrogen-bond donors (Lipinski definition) is 2. The fourth-order valence-corrected chi connectivity index (χ4v) is 6.47. The van der Waals surface area contributed by atoms with Gasteiger partial charge in [-0.25, -0.2) is 0 Å². The summed E-state index contributed by atoms with van der Waals surface area (Å²) in [6, 6.07) is 9.50.